The average Bonchev–Trinajstić information content (AvgIpc) is 3.32. The van der Waals surface area contributed by atoms with E-state index in [0.29, 0.717) is 37.6 Å². The Morgan fingerprint density at radius 2 is 1.83 bits per heavy atom. The maximum absolute atomic E-state index is 13.5. The van der Waals surface area contributed by atoms with Gasteiger partial charge in [-0.25, -0.2) is 22.0 Å². The molecule has 0 fully saturated rings. The quantitative estimate of drug-likeness (QED) is 0.603. The number of nitrogens with zero attached hydrogens (tertiary/aromatic N) is 4. The fourth-order valence-electron chi connectivity index (χ4n) is 4.70. The van der Waals surface area contributed by atoms with E-state index in [1.165, 1.54) is 16.4 Å². The number of fused-ring (bicyclic) bond motifs is 1. The molecule has 1 amide bonds. The molecule has 2 aromatic rings. The molecule has 36 heavy (non-hydrogen) atoms. The fourth-order valence-corrected chi connectivity index (χ4v) is 7.28. The van der Waals surface area contributed by atoms with E-state index in [-0.39, 0.29) is 28.9 Å². The summed E-state index contributed by atoms with van der Waals surface area (Å²) >= 11 is 5.93. The predicted molar refractivity (Wildman–Crippen MR) is 134 cm³/mol. The second-order valence-electron chi connectivity index (χ2n) is 8.80. The van der Waals surface area contributed by atoms with Crippen LogP contribution in [0.4, 0.5) is 0 Å². The number of sulfonamides is 2. The van der Waals surface area contributed by atoms with Crippen LogP contribution < -0.4 is 5.14 Å². The number of halogens is 1. The predicted octanol–water partition coefficient (Wildman–Crippen LogP) is 1.66. The van der Waals surface area contributed by atoms with Gasteiger partial charge in [0, 0.05) is 31.8 Å². The van der Waals surface area contributed by atoms with Gasteiger partial charge in [0.15, 0.2) is 0 Å². The third-order valence-electron chi connectivity index (χ3n) is 6.61. The summed E-state index contributed by atoms with van der Waals surface area (Å²) in [5.41, 5.74) is 3.34. The topological polar surface area (TPSA) is 133 Å². The molecule has 3 heterocycles. The molecule has 0 saturated heterocycles. The van der Waals surface area contributed by atoms with Gasteiger partial charge in [-0.2, -0.15) is 4.31 Å². The Bertz CT molecular complexity index is 1550. The number of hydrogen-bond donors (Lipinski definition) is 1. The minimum atomic E-state index is -4.23. The first-order valence-corrected chi connectivity index (χ1v) is 14.6. The largest absolute Gasteiger partial charge is 0.311 e. The molecule has 0 unspecified atom stereocenters. The Hall–Kier alpha value is -2.77. The molecule has 2 N–H and O–H groups in total. The molecule has 0 aromatic heterocycles. The van der Waals surface area contributed by atoms with Crippen molar-refractivity contribution in [2.75, 3.05) is 26.2 Å². The number of primary sulfonamides is 1. The Morgan fingerprint density at radius 3 is 2.56 bits per heavy atom. The van der Waals surface area contributed by atoms with Crippen LogP contribution in [0.1, 0.15) is 17.5 Å². The molecular formula is C23H24ClN5O5S2. The molecule has 2 aromatic carbocycles. The van der Waals surface area contributed by atoms with Crippen LogP contribution in [0.5, 0.6) is 0 Å². The normalized spacial score (nSPS) is 18.9. The van der Waals surface area contributed by atoms with Crippen molar-refractivity contribution in [1.82, 2.24) is 14.1 Å². The first-order chi connectivity index (χ1) is 17.0. The molecule has 0 aliphatic carbocycles. The van der Waals surface area contributed by atoms with Gasteiger partial charge in [0.25, 0.3) is 5.91 Å². The Labute approximate surface area is 214 Å². The molecule has 0 bridgehead atoms. The van der Waals surface area contributed by atoms with Crippen molar-refractivity contribution >= 4 is 43.5 Å². The number of hydrogen-bond acceptors (Lipinski definition) is 7. The zero-order valence-corrected chi connectivity index (χ0v) is 21.8. The van der Waals surface area contributed by atoms with Crippen molar-refractivity contribution in [3.05, 3.63) is 69.9 Å². The number of carbonyl (C=O) groups excluding carboxylic acids is 1. The second kappa shape index (κ2) is 8.96. The average molecular weight is 550 g/mol. The number of benzene rings is 2. The molecule has 0 radical (unpaired) electrons. The lowest BCUT2D eigenvalue weighted by molar-refractivity contribution is -0.124. The fraction of sp³-hybridized carbons (Fsp3) is 0.304. The molecule has 190 valence electrons. The van der Waals surface area contributed by atoms with Gasteiger partial charge in [0.05, 0.1) is 28.6 Å². The van der Waals surface area contributed by atoms with Gasteiger partial charge in [-0.15, -0.1) is 0 Å². The van der Waals surface area contributed by atoms with E-state index in [2.05, 4.69) is 4.99 Å². The lowest BCUT2D eigenvalue weighted by atomic mass is 10.0. The summed E-state index contributed by atoms with van der Waals surface area (Å²) in [5.74, 6) is 0.331. The molecule has 0 spiro atoms. The van der Waals surface area contributed by atoms with Crippen molar-refractivity contribution in [2.24, 2.45) is 10.1 Å². The summed E-state index contributed by atoms with van der Waals surface area (Å²) in [4.78, 5) is 20.8. The summed E-state index contributed by atoms with van der Waals surface area (Å²) < 4.78 is 51.8. The van der Waals surface area contributed by atoms with Crippen LogP contribution in [0.25, 0.3) is 0 Å². The van der Waals surface area contributed by atoms with E-state index in [1.807, 2.05) is 36.1 Å². The van der Waals surface area contributed by atoms with Crippen LogP contribution in [0, 0.1) is 6.92 Å². The minimum absolute atomic E-state index is 0.110. The van der Waals surface area contributed by atoms with Gasteiger partial charge in [-0.1, -0.05) is 35.9 Å². The van der Waals surface area contributed by atoms with Crippen molar-refractivity contribution in [2.45, 2.75) is 29.7 Å². The van der Waals surface area contributed by atoms with Gasteiger partial charge < -0.3 is 4.90 Å². The van der Waals surface area contributed by atoms with Crippen LogP contribution >= 0.6 is 11.6 Å². The summed E-state index contributed by atoms with van der Waals surface area (Å²) in [6.45, 7) is 3.41. The summed E-state index contributed by atoms with van der Waals surface area (Å²) in [5, 5.41) is 5.03. The molecule has 13 heteroatoms. The monoisotopic (exact) mass is 549 g/mol. The first-order valence-electron chi connectivity index (χ1n) is 11.2. The smallest absolute Gasteiger partial charge is 0.259 e. The summed E-state index contributed by atoms with van der Waals surface area (Å²) in [6.07, 6.45) is 0.300. The number of guanidine groups is 1. The zero-order chi connectivity index (χ0) is 25.8. The lowest BCUT2D eigenvalue weighted by Gasteiger charge is -2.42. The van der Waals surface area contributed by atoms with Crippen molar-refractivity contribution in [1.29, 1.82) is 0 Å². The molecule has 3 aliphatic heterocycles. The van der Waals surface area contributed by atoms with E-state index in [4.69, 9.17) is 16.7 Å². The van der Waals surface area contributed by atoms with Crippen LogP contribution in [-0.4, -0.2) is 69.0 Å². The SMILES string of the molecule is Cc1ccccc1CN1C2=NCCN2C(=O)C2=C1CCN(S(=O)(=O)c1ccc(Cl)c(S(N)(=O)=O)c1)C2. The lowest BCUT2D eigenvalue weighted by Crippen LogP contribution is -2.54. The minimum Gasteiger partial charge on any atom is -0.311 e. The van der Waals surface area contributed by atoms with Crippen molar-refractivity contribution in [3.8, 4) is 0 Å². The molecule has 0 saturated carbocycles. The van der Waals surface area contributed by atoms with Crippen molar-refractivity contribution in [3.63, 3.8) is 0 Å². The number of aryl methyl sites for hydroxylation is 1. The summed E-state index contributed by atoms with van der Waals surface area (Å²) in [6, 6.07) is 11.3. The van der Waals surface area contributed by atoms with Crippen LogP contribution in [0.15, 0.2) is 68.5 Å². The van der Waals surface area contributed by atoms with E-state index in [1.54, 1.807) is 4.90 Å². The first kappa shape index (κ1) is 24.9. The highest BCUT2D eigenvalue weighted by Crippen LogP contribution is 2.35. The highest BCUT2D eigenvalue weighted by Gasteiger charge is 2.43. The molecule has 0 atom stereocenters. The molecule has 10 nitrogen and oxygen atoms in total. The third-order valence-corrected chi connectivity index (χ3v) is 9.84. The number of carbonyl (C=O) groups is 1. The van der Waals surface area contributed by atoms with Gasteiger partial charge in [0.2, 0.25) is 26.0 Å². The maximum atomic E-state index is 13.5. The Balaban J connectivity index is 1.51. The zero-order valence-electron chi connectivity index (χ0n) is 19.4. The van der Waals surface area contributed by atoms with Crippen molar-refractivity contribution < 1.29 is 21.6 Å². The molecule has 3 aliphatic rings. The van der Waals surface area contributed by atoms with Gasteiger partial charge >= 0.3 is 0 Å². The number of nitrogens with two attached hydrogens (primary N) is 1. The van der Waals surface area contributed by atoms with Gasteiger partial charge in [-0.3, -0.25) is 14.7 Å². The van der Waals surface area contributed by atoms with Gasteiger partial charge in [0.1, 0.15) is 4.90 Å². The van der Waals surface area contributed by atoms with Crippen LogP contribution in [0.3, 0.4) is 0 Å². The highest BCUT2D eigenvalue weighted by atomic mass is 35.5. The van der Waals surface area contributed by atoms with E-state index in [0.717, 1.165) is 22.9 Å². The number of rotatable bonds is 5. The number of aliphatic imine (C=N–C) groups is 1. The van der Waals surface area contributed by atoms with E-state index < -0.39 is 24.9 Å². The van der Waals surface area contributed by atoms with Crippen LogP contribution in [0.2, 0.25) is 5.02 Å². The Kier molecular flexibility index (Phi) is 6.20. The standard InChI is InChI=1S/C23H24ClN5O5S2/c1-15-4-2-3-5-16(15)13-29-20-8-10-27(14-18(20)22(30)28-11-9-26-23(28)29)36(33,34)17-6-7-19(24)21(12-17)35(25,31)32/h2-7,12H,8-11,13-14H2,1H3,(H2,25,31,32). The Morgan fingerprint density at radius 1 is 1.08 bits per heavy atom. The third kappa shape index (κ3) is 4.22. The molecular weight excluding hydrogens is 526 g/mol. The van der Waals surface area contributed by atoms with Crippen LogP contribution in [-0.2, 0) is 31.4 Å². The van der Waals surface area contributed by atoms with Gasteiger partial charge in [-0.05, 0) is 36.2 Å². The summed E-state index contributed by atoms with van der Waals surface area (Å²) in [7, 11) is -8.37. The second-order valence-corrected chi connectivity index (χ2v) is 12.7. The molecule has 5 rings (SSSR count). The highest BCUT2D eigenvalue weighted by molar-refractivity contribution is 7.90. The van der Waals surface area contributed by atoms with E-state index in [9.17, 15) is 21.6 Å². The number of amides is 1. The van der Waals surface area contributed by atoms with E-state index >= 15 is 0 Å². The maximum Gasteiger partial charge on any atom is 0.259 e.